The summed E-state index contributed by atoms with van der Waals surface area (Å²) in [6.07, 6.45) is 1.06. The molecule has 1 unspecified atom stereocenters. The zero-order chi connectivity index (χ0) is 33.6. The Morgan fingerprint density at radius 1 is 1.00 bits per heavy atom. The number of nitrogens with zero attached hydrogens (tertiary/aromatic N) is 1. The van der Waals surface area contributed by atoms with Crippen LogP contribution in [0.1, 0.15) is 61.3 Å². The number of aliphatic hydroxyl groups is 1. The van der Waals surface area contributed by atoms with E-state index in [1.54, 1.807) is 4.90 Å². The van der Waals surface area contributed by atoms with E-state index in [9.17, 15) is 19.5 Å². The summed E-state index contributed by atoms with van der Waals surface area (Å²) in [4.78, 5) is 41.8. The highest BCUT2D eigenvalue weighted by molar-refractivity contribution is 5.88. The minimum absolute atomic E-state index is 0.0225. The molecule has 9 heteroatoms. The first-order chi connectivity index (χ1) is 22.6. The van der Waals surface area contributed by atoms with Gasteiger partial charge in [-0.15, -0.1) is 0 Å². The van der Waals surface area contributed by atoms with Gasteiger partial charge in [0.25, 0.3) is 5.91 Å². The van der Waals surface area contributed by atoms with Crippen LogP contribution in [0.5, 0.6) is 5.75 Å². The third kappa shape index (κ3) is 8.32. The lowest BCUT2D eigenvalue weighted by atomic mass is 9.92. The molecule has 0 radical (unpaired) electrons. The molecule has 0 bridgehead atoms. The van der Waals surface area contributed by atoms with Gasteiger partial charge in [0.05, 0.1) is 17.7 Å². The van der Waals surface area contributed by atoms with Gasteiger partial charge in [0.15, 0.2) is 6.61 Å². The summed E-state index contributed by atoms with van der Waals surface area (Å²) >= 11 is 0. The van der Waals surface area contributed by atoms with Gasteiger partial charge in [-0.1, -0.05) is 92.7 Å². The minimum atomic E-state index is -0.982. The largest absolute Gasteiger partial charge is 0.483 e. The number of carbonyl (C=O) groups is 3. The fraction of sp³-hybridized carbons (Fsp3) is 0.447. The number of nitrogens with one attached hydrogen (secondary N) is 3. The first-order valence-electron chi connectivity index (χ1n) is 16.7. The molecule has 0 spiro atoms. The van der Waals surface area contributed by atoms with Crippen molar-refractivity contribution in [2.45, 2.75) is 83.0 Å². The van der Waals surface area contributed by atoms with Gasteiger partial charge < -0.3 is 30.7 Å². The highest BCUT2D eigenvalue weighted by atomic mass is 16.5. The van der Waals surface area contributed by atoms with Crippen molar-refractivity contribution in [1.82, 2.24) is 20.9 Å². The lowest BCUT2D eigenvalue weighted by Gasteiger charge is -2.37. The van der Waals surface area contributed by atoms with Gasteiger partial charge in [-0.3, -0.25) is 9.59 Å². The quantitative estimate of drug-likeness (QED) is 0.205. The fourth-order valence-corrected chi connectivity index (χ4v) is 6.96. The summed E-state index contributed by atoms with van der Waals surface area (Å²) in [5, 5.41) is 21.1. The summed E-state index contributed by atoms with van der Waals surface area (Å²) in [5.74, 6) is -0.0248. The van der Waals surface area contributed by atoms with E-state index < -0.39 is 23.7 Å². The molecule has 9 nitrogen and oxygen atoms in total. The number of ether oxygens (including phenoxy) is 1. The maximum atomic E-state index is 14.1. The summed E-state index contributed by atoms with van der Waals surface area (Å²) in [6.45, 7) is 8.69. The Labute approximate surface area is 278 Å². The summed E-state index contributed by atoms with van der Waals surface area (Å²) < 4.78 is 5.93. The van der Waals surface area contributed by atoms with E-state index in [1.807, 2.05) is 107 Å². The van der Waals surface area contributed by atoms with Crippen LogP contribution < -0.4 is 20.7 Å². The number of rotatable bonds is 14. The van der Waals surface area contributed by atoms with Crippen molar-refractivity contribution in [3.63, 3.8) is 0 Å². The SMILES string of the molecule is Cc1cccc(C)c1OCC(=O)N[C@@H](Cc1ccccc1)[C@@H](O)CC1(NC(=O)[C@H](C(C)C)N2CCCNC2=O)C[C@H]1c1ccccc1. The third-order valence-corrected chi connectivity index (χ3v) is 9.44. The highest BCUT2D eigenvalue weighted by Crippen LogP contribution is 2.54. The molecule has 3 aromatic rings. The fourth-order valence-electron chi connectivity index (χ4n) is 6.96. The van der Waals surface area contributed by atoms with Crippen LogP contribution in [0, 0.1) is 19.8 Å². The van der Waals surface area contributed by atoms with Crippen molar-refractivity contribution in [1.29, 1.82) is 0 Å². The average molecular weight is 641 g/mol. The van der Waals surface area contributed by atoms with E-state index in [1.165, 1.54) is 0 Å². The first-order valence-corrected chi connectivity index (χ1v) is 16.7. The Hall–Kier alpha value is -4.37. The van der Waals surface area contributed by atoms with E-state index in [4.69, 9.17) is 4.74 Å². The van der Waals surface area contributed by atoms with Gasteiger partial charge in [-0.2, -0.15) is 0 Å². The molecule has 4 amide bonds. The second-order valence-corrected chi connectivity index (χ2v) is 13.4. The molecule has 1 aliphatic carbocycles. The molecule has 1 aliphatic heterocycles. The molecule has 5 rings (SSSR count). The molecule has 47 heavy (non-hydrogen) atoms. The van der Waals surface area contributed by atoms with Crippen LogP contribution in [0.3, 0.4) is 0 Å². The number of hydrogen-bond acceptors (Lipinski definition) is 5. The average Bonchev–Trinajstić information content (AvgIpc) is 3.74. The number of aliphatic hydroxyl groups excluding tert-OH is 1. The van der Waals surface area contributed by atoms with Crippen LogP contribution in [0.25, 0.3) is 0 Å². The highest BCUT2D eigenvalue weighted by Gasteiger charge is 2.58. The van der Waals surface area contributed by atoms with E-state index in [2.05, 4.69) is 16.0 Å². The van der Waals surface area contributed by atoms with Gasteiger partial charge in [0, 0.05) is 19.0 Å². The van der Waals surface area contributed by atoms with Crippen molar-refractivity contribution < 1.29 is 24.2 Å². The van der Waals surface area contributed by atoms with Crippen molar-refractivity contribution in [3.8, 4) is 5.75 Å². The van der Waals surface area contributed by atoms with E-state index in [-0.39, 0.29) is 42.7 Å². The molecule has 1 heterocycles. The number of para-hydroxylation sites is 1. The molecule has 3 aromatic carbocycles. The van der Waals surface area contributed by atoms with Crippen LogP contribution in [0.2, 0.25) is 0 Å². The lowest BCUT2D eigenvalue weighted by Crippen LogP contribution is -2.60. The summed E-state index contributed by atoms with van der Waals surface area (Å²) in [7, 11) is 0. The zero-order valence-electron chi connectivity index (χ0n) is 27.9. The number of amides is 4. The molecule has 2 fully saturated rings. The molecule has 5 atom stereocenters. The van der Waals surface area contributed by atoms with Gasteiger partial charge in [-0.25, -0.2) is 4.79 Å². The molecule has 4 N–H and O–H groups in total. The Bertz CT molecular complexity index is 1510. The number of hydrogen-bond donors (Lipinski definition) is 4. The molecule has 1 saturated carbocycles. The molecular formula is C38H48N4O5. The minimum Gasteiger partial charge on any atom is -0.483 e. The number of urea groups is 1. The zero-order valence-corrected chi connectivity index (χ0v) is 27.9. The third-order valence-electron chi connectivity index (χ3n) is 9.44. The first kappa shape index (κ1) is 34.0. The number of benzene rings is 3. The van der Waals surface area contributed by atoms with Crippen molar-refractivity contribution in [2.24, 2.45) is 5.92 Å². The van der Waals surface area contributed by atoms with E-state index in [0.717, 1.165) is 28.7 Å². The van der Waals surface area contributed by atoms with Crippen LogP contribution in [-0.4, -0.2) is 71.3 Å². The molecular weight excluding hydrogens is 592 g/mol. The second-order valence-electron chi connectivity index (χ2n) is 13.4. The summed E-state index contributed by atoms with van der Waals surface area (Å²) in [5.41, 5.74) is 3.18. The van der Waals surface area contributed by atoms with Crippen molar-refractivity contribution in [3.05, 3.63) is 101 Å². The van der Waals surface area contributed by atoms with Gasteiger partial charge in [-0.05, 0) is 67.7 Å². The Morgan fingerprint density at radius 3 is 2.30 bits per heavy atom. The van der Waals surface area contributed by atoms with Crippen LogP contribution in [0.4, 0.5) is 4.79 Å². The second kappa shape index (κ2) is 15.0. The van der Waals surface area contributed by atoms with Crippen LogP contribution >= 0.6 is 0 Å². The lowest BCUT2D eigenvalue weighted by molar-refractivity contribution is -0.129. The van der Waals surface area contributed by atoms with Gasteiger partial charge in [0.2, 0.25) is 5.91 Å². The smallest absolute Gasteiger partial charge is 0.318 e. The van der Waals surface area contributed by atoms with E-state index in [0.29, 0.717) is 31.7 Å². The monoisotopic (exact) mass is 640 g/mol. The van der Waals surface area contributed by atoms with Gasteiger partial charge in [0.1, 0.15) is 11.8 Å². The standard InChI is InChI=1S/C38H48N4O5/c1-25(2)34(42-20-12-19-39-37(42)46)36(45)41-38(22-30(38)29-17-9-6-10-18-29)23-32(43)31(21-28-15-7-5-8-16-28)40-33(44)24-47-35-26(3)13-11-14-27(35)4/h5-11,13-18,25,30-32,34,43H,12,19-24H2,1-4H3,(H,39,46)(H,40,44)(H,41,45)/t30-,31-,32-,34-,38?/m0/s1. The maximum Gasteiger partial charge on any atom is 0.318 e. The van der Waals surface area contributed by atoms with Crippen molar-refractivity contribution in [2.75, 3.05) is 19.7 Å². The van der Waals surface area contributed by atoms with Crippen LogP contribution in [-0.2, 0) is 16.0 Å². The molecule has 250 valence electrons. The van der Waals surface area contributed by atoms with Crippen molar-refractivity contribution >= 4 is 17.8 Å². The Morgan fingerprint density at radius 2 is 1.66 bits per heavy atom. The molecule has 1 saturated heterocycles. The Balaban J connectivity index is 1.36. The number of carbonyl (C=O) groups excluding carboxylic acids is 3. The van der Waals surface area contributed by atoms with Gasteiger partial charge >= 0.3 is 6.03 Å². The Kier molecular flexibility index (Phi) is 10.9. The van der Waals surface area contributed by atoms with Crippen LogP contribution in [0.15, 0.2) is 78.9 Å². The summed E-state index contributed by atoms with van der Waals surface area (Å²) in [6, 6.07) is 24.0. The van der Waals surface area contributed by atoms with E-state index >= 15 is 0 Å². The molecule has 2 aliphatic rings. The predicted molar refractivity (Wildman–Crippen MR) is 182 cm³/mol. The number of aryl methyl sites for hydroxylation is 2. The topological polar surface area (TPSA) is 120 Å². The maximum absolute atomic E-state index is 14.1. The normalized spacial score (nSPS) is 20.9. The molecule has 0 aromatic heterocycles. The predicted octanol–water partition coefficient (Wildman–Crippen LogP) is 4.64.